The van der Waals surface area contributed by atoms with Gasteiger partial charge in [-0.05, 0) is 43.0 Å². The van der Waals surface area contributed by atoms with Crippen molar-refractivity contribution in [2.45, 2.75) is 44.2 Å². The molecule has 218 valence electrons. The van der Waals surface area contributed by atoms with Gasteiger partial charge >= 0.3 is 6.18 Å². The van der Waals surface area contributed by atoms with Gasteiger partial charge < -0.3 is 24.5 Å². The van der Waals surface area contributed by atoms with E-state index in [1.807, 2.05) is 15.7 Å². The molecule has 2 aliphatic rings. The molecular weight excluding hydrogens is 547 g/mol. The van der Waals surface area contributed by atoms with Crippen LogP contribution in [0.1, 0.15) is 28.8 Å². The van der Waals surface area contributed by atoms with Crippen LogP contribution in [0, 0.1) is 5.92 Å². The Kier molecular flexibility index (Phi) is 6.08. The molecule has 1 aliphatic carbocycles. The topological polar surface area (TPSA) is 96.1 Å². The number of methoxy groups -OCH3 is 1. The lowest BCUT2D eigenvalue weighted by Gasteiger charge is -2.27. The number of carbonyl (C=O) groups is 1. The van der Waals surface area contributed by atoms with Crippen molar-refractivity contribution in [2.75, 3.05) is 13.7 Å². The minimum Gasteiger partial charge on any atom is -0.494 e. The summed E-state index contributed by atoms with van der Waals surface area (Å²) in [5.74, 6) is 0.892. The Morgan fingerprint density at radius 2 is 1.95 bits per heavy atom. The molecule has 3 aromatic heterocycles. The fourth-order valence-electron chi connectivity index (χ4n) is 6.79. The van der Waals surface area contributed by atoms with E-state index in [2.05, 4.69) is 5.10 Å². The van der Waals surface area contributed by atoms with Crippen LogP contribution in [0.4, 0.5) is 13.2 Å². The number of hydrogen-bond donors (Lipinski definition) is 1. The van der Waals surface area contributed by atoms with Gasteiger partial charge in [-0.3, -0.25) is 9.48 Å². The number of rotatable bonds is 6. The number of halogens is 3. The van der Waals surface area contributed by atoms with Crippen molar-refractivity contribution in [1.29, 1.82) is 0 Å². The predicted octanol–water partition coefficient (Wildman–Crippen LogP) is 4.57. The molecule has 4 heterocycles. The summed E-state index contributed by atoms with van der Waals surface area (Å²) in [6.45, 7) is -0.282. The highest BCUT2D eigenvalue weighted by Gasteiger charge is 2.47. The number of likely N-dealkylation sites (tertiary alicyclic amines) is 1. The van der Waals surface area contributed by atoms with Gasteiger partial charge in [0.2, 0.25) is 0 Å². The lowest BCUT2D eigenvalue weighted by molar-refractivity contribution is -0.139. The highest BCUT2D eigenvalue weighted by atomic mass is 19.4. The normalized spacial score (nSPS) is 20.3. The molecule has 0 spiro atoms. The summed E-state index contributed by atoms with van der Waals surface area (Å²) >= 11 is 0. The molecule has 1 amide bonds. The summed E-state index contributed by atoms with van der Waals surface area (Å²) in [7, 11) is 3.31. The van der Waals surface area contributed by atoms with Gasteiger partial charge in [-0.1, -0.05) is 18.2 Å². The van der Waals surface area contributed by atoms with Crippen molar-refractivity contribution >= 4 is 27.8 Å². The number of imidazole rings is 1. The van der Waals surface area contributed by atoms with Crippen LogP contribution >= 0.6 is 0 Å². The number of alkyl halides is 3. The van der Waals surface area contributed by atoms with E-state index in [4.69, 9.17) is 15.5 Å². The Hall–Kier alpha value is -4.32. The monoisotopic (exact) mass is 577 g/mol. The first-order valence-corrected chi connectivity index (χ1v) is 13.9. The number of hydrogen-bond acceptors (Lipinski definition) is 5. The van der Waals surface area contributed by atoms with E-state index in [9.17, 15) is 18.0 Å². The van der Waals surface area contributed by atoms with Crippen molar-refractivity contribution in [2.24, 2.45) is 18.7 Å². The second-order valence-corrected chi connectivity index (χ2v) is 11.3. The number of ether oxygens (including phenoxy) is 1. The van der Waals surface area contributed by atoms with Crippen LogP contribution in [0.25, 0.3) is 33.5 Å². The molecule has 7 rings (SSSR count). The first-order valence-electron chi connectivity index (χ1n) is 13.9. The molecule has 5 aromatic rings. The lowest BCUT2D eigenvalue weighted by atomic mass is 10.1. The molecule has 3 atom stereocenters. The van der Waals surface area contributed by atoms with E-state index in [-0.39, 0.29) is 24.5 Å². The summed E-state index contributed by atoms with van der Waals surface area (Å²) in [4.78, 5) is 20.4. The third-order valence-electron chi connectivity index (χ3n) is 8.66. The zero-order valence-electron chi connectivity index (χ0n) is 23.2. The quantitative estimate of drug-likeness (QED) is 0.319. The molecule has 42 heavy (non-hydrogen) atoms. The molecule has 2 N–H and O–H groups in total. The molecule has 2 aromatic carbocycles. The third kappa shape index (κ3) is 4.32. The smallest absolute Gasteiger partial charge is 0.406 e. The van der Waals surface area contributed by atoms with Gasteiger partial charge in [-0.25, -0.2) is 4.98 Å². The van der Waals surface area contributed by atoms with Crippen LogP contribution in [0.3, 0.4) is 0 Å². The molecule has 2 bridgehead atoms. The molecule has 0 radical (unpaired) electrons. The highest BCUT2D eigenvalue weighted by Crippen LogP contribution is 2.40. The van der Waals surface area contributed by atoms with Crippen LogP contribution in [0.2, 0.25) is 0 Å². The van der Waals surface area contributed by atoms with Crippen LogP contribution in [0.15, 0.2) is 54.9 Å². The maximum Gasteiger partial charge on any atom is 0.406 e. The number of fused-ring (bicyclic) bond motifs is 4. The lowest BCUT2D eigenvalue weighted by Crippen LogP contribution is -2.41. The number of aromatic nitrogens is 5. The van der Waals surface area contributed by atoms with Gasteiger partial charge in [0.25, 0.3) is 5.91 Å². The number of nitrogens with zero attached hydrogens (tertiary/aromatic N) is 6. The molecule has 2 unspecified atom stereocenters. The zero-order valence-corrected chi connectivity index (χ0v) is 23.2. The SMILES string of the molecule is COc1cc(C(=O)N2CC3CCC2[C@@H]3N)cc2nc(-c3cc4ccccc4n3CC(F)(F)F)n(Cc3cnn(C)c3)c12. The molecular formula is C30H30F3N7O2. The van der Waals surface area contributed by atoms with E-state index in [0.717, 1.165) is 18.4 Å². The summed E-state index contributed by atoms with van der Waals surface area (Å²) < 4.78 is 52.2. The van der Waals surface area contributed by atoms with Gasteiger partial charge in [0.05, 0.1) is 31.1 Å². The van der Waals surface area contributed by atoms with E-state index < -0.39 is 12.7 Å². The molecule has 12 heteroatoms. The molecule has 2 fully saturated rings. The minimum absolute atomic E-state index is 0.000894. The average molecular weight is 578 g/mol. The zero-order chi connectivity index (χ0) is 29.3. The Morgan fingerprint density at radius 1 is 1.14 bits per heavy atom. The molecule has 9 nitrogen and oxygen atoms in total. The number of carbonyl (C=O) groups excluding carboxylic acids is 1. The standard InChI is InChI=1S/C30H30F3N7O2/c1-37-13-17(12-35-37)14-39-27-21(9-20(11-25(27)42-2)29(41)38-15-19-7-8-23(38)26(19)34)36-28(39)24-10-18-5-3-4-6-22(18)40(24)16-30(31,32)33/h3-6,9-13,19,23,26H,7-8,14-16,34H2,1-2H3/t19?,23?,26-/m1/s1. The van der Waals surface area contributed by atoms with Crippen molar-refractivity contribution in [1.82, 2.24) is 28.8 Å². The van der Waals surface area contributed by atoms with Crippen LogP contribution in [0.5, 0.6) is 5.75 Å². The fraction of sp³-hybridized carbons (Fsp3) is 0.367. The van der Waals surface area contributed by atoms with Gasteiger partial charge in [0.1, 0.15) is 17.8 Å². The number of amides is 1. The maximum atomic E-state index is 13.9. The van der Waals surface area contributed by atoms with Gasteiger partial charge in [0, 0.05) is 53.9 Å². The van der Waals surface area contributed by atoms with Crippen LogP contribution in [-0.4, -0.2) is 66.6 Å². The first-order chi connectivity index (χ1) is 20.1. The predicted molar refractivity (Wildman–Crippen MR) is 151 cm³/mol. The summed E-state index contributed by atoms with van der Waals surface area (Å²) in [6, 6.07) is 12.1. The summed E-state index contributed by atoms with van der Waals surface area (Å²) in [5.41, 5.74) is 9.41. The minimum atomic E-state index is -4.45. The average Bonchev–Trinajstić information content (AvgIpc) is 3.77. The van der Waals surface area contributed by atoms with Crippen molar-refractivity contribution < 1.29 is 22.7 Å². The number of nitrogens with two attached hydrogens (primary N) is 1. The van der Waals surface area contributed by atoms with Crippen LogP contribution < -0.4 is 10.5 Å². The highest BCUT2D eigenvalue weighted by molar-refractivity contribution is 6.00. The third-order valence-corrected chi connectivity index (χ3v) is 8.66. The number of para-hydroxylation sites is 1. The Labute approximate surface area is 239 Å². The fourth-order valence-corrected chi connectivity index (χ4v) is 6.79. The molecule has 1 saturated heterocycles. The van der Waals surface area contributed by atoms with E-state index in [1.54, 1.807) is 60.4 Å². The Morgan fingerprint density at radius 3 is 2.62 bits per heavy atom. The van der Waals surface area contributed by atoms with Crippen molar-refractivity contribution in [3.8, 4) is 17.3 Å². The van der Waals surface area contributed by atoms with Crippen molar-refractivity contribution in [3.05, 3.63) is 66.0 Å². The Balaban J connectivity index is 1.43. The number of benzene rings is 2. The van der Waals surface area contributed by atoms with Gasteiger partial charge in [-0.2, -0.15) is 18.3 Å². The second-order valence-electron chi connectivity index (χ2n) is 11.3. The van der Waals surface area contributed by atoms with E-state index in [1.165, 1.54) is 11.7 Å². The van der Waals surface area contributed by atoms with Crippen LogP contribution in [-0.2, 0) is 20.1 Å². The molecule has 1 saturated carbocycles. The summed E-state index contributed by atoms with van der Waals surface area (Å²) in [6.07, 6.45) is 0.994. The van der Waals surface area contributed by atoms with E-state index in [0.29, 0.717) is 57.2 Å². The van der Waals surface area contributed by atoms with Gasteiger partial charge in [-0.15, -0.1) is 0 Å². The largest absolute Gasteiger partial charge is 0.494 e. The first kappa shape index (κ1) is 26.6. The number of aryl methyl sites for hydroxylation is 1. The molecule has 1 aliphatic heterocycles. The van der Waals surface area contributed by atoms with Gasteiger partial charge in [0.15, 0.2) is 5.82 Å². The van der Waals surface area contributed by atoms with Crippen molar-refractivity contribution in [3.63, 3.8) is 0 Å². The second kappa shape index (κ2) is 9.62. The number of piperidine rings is 1. The van der Waals surface area contributed by atoms with E-state index >= 15 is 0 Å². The summed E-state index contributed by atoms with van der Waals surface area (Å²) in [5, 5.41) is 4.93. The Bertz CT molecular complexity index is 1840. The maximum absolute atomic E-state index is 13.9.